The molecule has 0 bridgehead atoms. The van der Waals surface area contributed by atoms with Gasteiger partial charge >= 0.3 is 6.03 Å². The van der Waals surface area contributed by atoms with Crippen LogP contribution in [0.15, 0.2) is 108 Å². The minimum Gasteiger partial charge on any atom is -0.334 e. The molecule has 0 aromatic heterocycles. The van der Waals surface area contributed by atoms with Gasteiger partial charge in [0, 0.05) is 23.5 Å². The third-order valence-electron chi connectivity index (χ3n) is 5.19. The first kappa shape index (κ1) is 23.5. The predicted molar refractivity (Wildman–Crippen MR) is 136 cm³/mol. The quantitative estimate of drug-likeness (QED) is 0.330. The topological polar surface area (TPSA) is 111 Å². The summed E-state index contributed by atoms with van der Waals surface area (Å²) in [4.78, 5) is 12.4. The number of benzene rings is 4. The molecule has 0 aliphatic heterocycles. The summed E-state index contributed by atoms with van der Waals surface area (Å²) in [6.07, 6.45) is 0. The molecule has 2 amide bonds. The monoisotopic (exact) mass is 482 g/mol. The fourth-order valence-electron chi connectivity index (χ4n) is 3.44. The molecule has 174 valence electrons. The van der Waals surface area contributed by atoms with Crippen molar-refractivity contribution < 1.29 is 13.2 Å². The van der Waals surface area contributed by atoms with Crippen molar-refractivity contribution in [3.8, 4) is 17.2 Å². The van der Waals surface area contributed by atoms with Crippen molar-refractivity contribution in [3.63, 3.8) is 0 Å². The van der Waals surface area contributed by atoms with Crippen molar-refractivity contribution in [2.24, 2.45) is 0 Å². The summed E-state index contributed by atoms with van der Waals surface area (Å²) in [6, 6.07) is 31.1. The van der Waals surface area contributed by atoms with E-state index in [4.69, 9.17) is 5.26 Å². The van der Waals surface area contributed by atoms with Crippen molar-refractivity contribution in [3.05, 3.63) is 114 Å². The van der Waals surface area contributed by atoms with Crippen LogP contribution in [0.4, 0.5) is 16.2 Å². The first-order chi connectivity index (χ1) is 16.9. The number of hydrogen-bond donors (Lipinski definition) is 3. The average Bonchev–Trinajstić information content (AvgIpc) is 2.89. The average molecular weight is 483 g/mol. The molecule has 4 aromatic rings. The largest absolute Gasteiger partial charge is 0.334 e. The van der Waals surface area contributed by atoms with Gasteiger partial charge in [-0.25, -0.2) is 13.2 Å². The maximum Gasteiger partial charge on any atom is 0.319 e. The highest BCUT2D eigenvalue weighted by Gasteiger charge is 2.19. The summed E-state index contributed by atoms with van der Waals surface area (Å²) < 4.78 is 28.8. The number of nitrogens with one attached hydrogen (secondary N) is 3. The first-order valence-corrected chi connectivity index (χ1v) is 12.2. The lowest BCUT2D eigenvalue weighted by molar-refractivity contribution is 0.251. The number of rotatable bonds is 7. The van der Waals surface area contributed by atoms with E-state index in [1.807, 2.05) is 36.4 Å². The fraction of sp³-hybridized carbons (Fsp3) is 0.0370. The Balaban J connectivity index is 1.39. The van der Waals surface area contributed by atoms with Crippen molar-refractivity contribution in [2.75, 3.05) is 10.0 Å². The number of sulfonamides is 1. The summed E-state index contributed by atoms with van der Waals surface area (Å²) in [5.41, 5.74) is 3.71. The van der Waals surface area contributed by atoms with Crippen LogP contribution in [0.2, 0.25) is 0 Å². The Morgan fingerprint density at radius 2 is 1.40 bits per heavy atom. The van der Waals surface area contributed by atoms with Gasteiger partial charge in [0.1, 0.15) is 0 Å². The van der Waals surface area contributed by atoms with Gasteiger partial charge in [0.15, 0.2) is 0 Å². The molecule has 0 saturated heterocycles. The minimum absolute atomic E-state index is 0.176. The third-order valence-corrected chi connectivity index (χ3v) is 6.63. The van der Waals surface area contributed by atoms with Gasteiger partial charge in [-0.15, -0.1) is 0 Å². The minimum atomic E-state index is -3.84. The van der Waals surface area contributed by atoms with E-state index < -0.39 is 16.1 Å². The summed E-state index contributed by atoms with van der Waals surface area (Å²) in [5.74, 6) is 0. The van der Waals surface area contributed by atoms with E-state index in [1.165, 1.54) is 0 Å². The molecule has 0 heterocycles. The van der Waals surface area contributed by atoms with Crippen molar-refractivity contribution in [2.45, 2.75) is 11.4 Å². The third kappa shape index (κ3) is 6.05. The van der Waals surface area contributed by atoms with Gasteiger partial charge in [0.05, 0.1) is 16.5 Å². The Hall–Kier alpha value is -4.61. The maximum atomic E-state index is 13.1. The second kappa shape index (κ2) is 10.5. The number of urea groups is 1. The molecule has 3 N–H and O–H groups in total. The Kier molecular flexibility index (Phi) is 7.10. The van der Waals surface area contributed by atoms with E-state index >= 15 is 0 Å². The van der Waals surface area contributed by atoms with E-state index in [2.05, 4.69) is 15.4 Å². The molecule has 7 nitrogen and oxygen atoms in total. The van der Waals surface area contributed by atoms with E-state index in [9.17, 15) is 13.2 Å². The van der Waals surface area contributed by atoms with Crippen LogP contribution in [0.25, 0.3) is 11.1 Å². The molecule has 0 saturated carbocycles. The van der Waals surface area contributed by atoms with E-state index in [-0.39, 0.29) is 4.90 Å². The zero-order chi connectivity index (χ0) is 24.7. The molecule has 0 spiro atoms. The number of nitriles is 1. The Morgan fingerprint density at radius 3 is 2.09 bits per heavy atom. The Morgan fingerprint density at radius 1 is 0.771 bits per heavy atom. The van der Waals surface area contributed by atoms with Gasteiger partial charge < -0.3 is 10.6 Å². The molecule has 0 atom stereocenters. The van der Waals surface area contributed by atoms with Gasteiger partial charge in [-0.1, -0.05) is 60.7 Å². The van der Waals surface area contributed by atoms with Crippen molar-refractivity contribution in [1.29, 1.82) is 5.26 Å². The molecule has 0 aliphatic rings. The number of carbonyl (C=O) groups excluding carboxylic acids is 1. The van der Waals surface area contributed by atoms with E-state index in [0.717, 1.165) is 11.1 Å². The molecule has 35 heavy (non-hydrogen) atoms. The molecule has 0 aliphatic carbocycles. The zero-order valence-corrected chi connectivity index (χ0v) is 19.4. The summed E-state index contributed by atoms with van der Waals surface area (Å²) in [7, 11) is -3.84. The smallest absolute Gasteiger partial charge is 0.319 e. The molecule has 4 rings (SSSR count). The second-order valence-corrected chi connectivity index (χ2v) is 9.31. The lowest BCUT2D eigenvalue weighted by atomic mass is 10.1. The second-order valence-electron chi connectivity index (χ2n) is 7.66. The molecular formula is C27H22N4O3S. The predicted octanol–water partition coefficient (Wildman–Crippen LogP) is 5.35. The van der Waals surface area contributed by atoms with E-state index in [1.54, 1.807) is 72.8 Å². The number of carbonyl (C=O) groups is 1. The molecule has 0 radical (unpaired) electrons. The SMILES string of the molecule is N#Cc1ccc(CNC(=O)Nc2ccc(NS(=O)(=O)c3ccccc3-c3ccccc3)cc2)cc1. The van der Waals surface area contributed by atoms with Crippen LogP contribution in [-0.2, 0) is 16.6 Å². The van der Waals surface area contributed by atoms with Crippen LogP contribution in [0.1, 0.15) is 11.1 Å². The molecule has 4 aromatic carbocycles. The fourth-order valence-corrected chi connectivity index (χ4v) is 4.73. The molecule has 0 unspecified atom stereocenters. The highest BCUT2D eigenvalue weighted by Crippen LogP contribution is 2.28. The standard InChI is InChI=1S/C27H22N4O3S/c28-18-20-10-12-21(13-11-20)19-29-27(32)30-23-14-16-24(17-15-23)31-35(33,34)26-9-5-4-8-25(26)22-6-2-1-3-7-22/h1-17,31H,19H2,(H2,29,30,32). The number of amides is 2. The van der Waals surface area contributed by atoms with Crippen LogP contribution in [0.3, 0.4) is 0 Å². The Labute approximate surface area is 204 Å². The van der Waals surface area contributed by atoms with Gasteiger partial charge in [-0.05, 0) is 53.6 Å². The highest BCUT2D eigenvalue weighted by molar-refractivity contribution is 7.92. The van der Waals surface area contributed by atoms with Crippen LogP contribution in [0, 0.1) is 11.3 Å². The van der Waals surface area contributed by atoms with Gasteiger partial charge in [0.2, 0.25) is 0 Å². The highest BCUT2D eigenvalue weighted by atomic mass is 32.2. The maximum absolute atomic E-state index is 13.1. The van der Waals surface area contributed by atoms with Crippen LogP contribution < -0.4 is 15.4 Å². The van der Waals surface area contributed by atoms with Gasteiger partial charge in [0.25, 0.3) is 10.0 Å². The number of nitrogens with zero attached hydrogens (tertiary/aromatic N) is 1. The number of hydrogen-bond acceptors (Lipinski definition) is 4. The lowest BCUT2D eigenvalue weighted by Crippen LogP contribution is -2.28. The Bertz CT molecular complexity index is 1460. The van der Waals surface area contributed by atoms with Crippen LogP contribution in [0.5, 0.6) is 0 Å². The van der Waals surface area contributed by atoms with Crippen LogP contribution >= 0.6 is 0 Å². The van der Waals surface area contributed by atoms with Crippen molar-refractivity contribution >= 4 is 27.4 Å². The summed E-state index contributed by atoms with van der Waals surface area (Å²) in [6.45, 7) is 0.302. The number of anilines is 2. The van der Waals surface area contributed by atoms with Crippen molar-refractivity contribution in [1.82, 2.24) is 5.32 Å². The normalized spacial score (nSPS) is 10.7. The first-order valence-electron chi connectivity index (χ1n) is 10.8. The molecule has 0 fully saturated rings. The lowest BCUT2D eigenvalue weighted by Gasteiger charge is -2.13. The summed E-state index contributed by atoms with van der Waals surface area (Å²) >= 11 is 0. The molecular weight excluding hydrogens is 460 g/mol. The zero-order valence-electron chi connectivity index (χ0n) is 18.6. The van der Waals surface area contributed by atoms with E-state index in [0.29, 0.717) is 29.0 Å². The van der Waals surface area contributed by atoms with Gasteiger partial charge in [-0.2, -0.15) is 5.26 Å². The summed E-state index contributed by atoms with van der Waals surface area (Å²) in [5, 5.41) is 14.3. The van der Waals surface area contributed by atoms with Gasteiger partial charge in [-0.3, -0.25) is 4.72 Å². The molecule has 8 heteroatoms. The van der Waals surface area contributed by atoms with Crippen LogP contribution in [-0.4, -0.2) is 14.4 Å².